The van der Waals surface area contributed by atoms with Crippen molar-refractivity contribution in [2.75, 3.05) is 49.9 Å². The van der Waals surface area contributed by atoms with E-state index in [2.05, 4.69) is 21.8 Å². The van der Waals surface area contributed by atoms with E-state index in [1.807, 2.05) is 28.9 Å². The van der Waals surface area contributed by atoms with Gasteiger partial charge in [-0.1, -0.05) is 24.7 Å². The van der Waals surface area contributed by atoms with Crippen LogP contribution >= 0.6 is 11.3 Å². The van der Waals surface area contributed by atoms with Crippen LogP contribution in [0.1, 0.15) is 38.4 Å². The van der Waals surface area contributed by atoms with E-state index in [0.29, 0.717) is 27.9 Å². The molecule has 9 nitrogen and oxygen atoms in total. The highest BCUT2D eigenvalue weighted by Gasteiger charge is 2.36. The average molecular weight is 470 g/mol. The van der Waals surface area contributed by atoms with Crippen LogP contribution in [0.3, 0.4) is 0 Å². The second kappa shape index (κ2) is 9.26. The van der Waals surface area contributed by atoms with Crippen LogP contribution in [0.25, 0.3) is 21.1 Å². The fraction of sp³-hybridized carbons (Fsp3) is 0.565. The van der Waals surface area contributed by atoms with Crippen molar-refractivity contribution in [2.45, 2.75) is 45.6 Å². The standard InChI is InChI=1S/C23H31N7O2S/c1-3-4-9-28-11-13-29(14-12-28)22(31)16-6-5-10-30(16)23-26-19(24)18-21(27-23)33-20(25-18)17-8-7-15(2)32-17/h7-8,16H,3-6,9-14H2,1-2H3,(H2,24,26,27)/t16-/m0/s1. The molecule has 0 spiro atoms. The molecule has 0 aliphatic carbocycles. The largest absolute Gasteiger partial charge is 0.459 e. The van der Waals surface area contributed by atoms with Gasteiger partial charge < -0.3 is 20.0 Å². The van der Waals surface area contributed by atoms with Gasteiger partial charge in [0, 0.05) is 32.7 Å². The molecule has 5 rings (SSSR count). The number of anilines is 2. The first-order valence-corrected chi connectivity index (χ1v) is 12.6. The summed E-state index contributed by atoms with van der Waals surface area (Å²) in [6.45, 7) is 9.46. The van der Waals surface area contributed by atoms with Crippen LogP contribution in [-0.2, 0) is 4.79 Å². The van der Waals surface area contributed by atoms with E-state index in [1.165, 1.54) is 24.2 Å². The SMILES string of the molecule is CCCCN1CCN(C(=O)[C@@H]2CCCN2c2nc(N)c3nc(-c4ccc(C)o4)sc3n2)CC1. The number of thiazole rings is 1. The molecule has 0 radical (unpaired) electrons. The molecule has 10 heteroatoms. The third-order valence-electron chi connectivity index (χ3n) is 6.53. The Morgan fingerprint density at radius 3 is 2.73 bits per heavy atom. The highest BCUT2D eigenvalue weighted by atomic mass is 32.1. The quantitative estimate of drug-likeness (QED) is 0.587. The molecule has 176 valence electrons. The fourth-order valence-electron chi connectivity index (χ4n) is 4.66. The van der Waals surface area contributed by atoms with Gasteiger partial charge in [-0.15, -0.1) is 0 Å². The van der Waals surface area contributed by atoms with Gasteiger partial charge in [0.05, 0.1) is 0 Å². The summed E-state index contributed by atoms with van der Waals surface area (Å²) in [4.78, 5) is 34.5. The van der Waals surface area contributed by atoms with Crippen LogP contribution < -0.4 is 10.6 Å². The van der Waals surface area contributed by atoms with Crippen LogP contribution in [0.2, 0.25) is 0 Å². The number of hydrogen-bond donors (Lipinski definition) is 1. The van der Waals surface area contributed by atoms with Crippen molar-refractivity contribution in [1.82, 2.24) is 24.8 Å². The van der Waals surface area contributed by atoms with Crippen LogP contribution in [0.4, 0.5) is 11.8 Å². The van der Waals surface area contributed by atoms with E-state index in [4.69, 9.17) is 15.1 Å². The minimum atomic E-state index is -0.232. The smallest absolute Gasteiger partial charge is 0.245 e. The van der Waals surface area contributed by atoms with Gasteiger partial charge in [0.1, 0.15) is 17.3 Å². The van der Waals surface area contributed by atoms with Crippen molar-refractivity contribution in [2.24, 2.45) is 0 Å². The number of hydrogen-bond acceptors (Lipinski definition) is 9. The zero-order chi connectivity index (χ0) is 22.9. The predicted molar refractivity (Wildman–Crippen MR) is 130 cm³/mol. The molecule has 0 saturated carbocycles. The van der Waals surface area contributed by atoms with E-state index in [9.17, 15) is 4.79 Å². The zero-order valence-electron chi connectivity index (χ0n) is 19.3. The normalized spacial score (nSPS) is 19.6. The Hall–Kier alpha value is -2.72. The van der Waals surface area contributed by atoms with Gasteiger partial charge in [-0.3, -0.25) is 9.69 Å². The molecule has 2 saturated heterocycles. The van der Waals surface area contributed by atoms with Gasteiger partial charge in [0.2, 0.25) is 11.9 Å². The number of nitrogen functional groups attached to an aromatic ring is 1. The van der Waals surface area contributed by atoms with Gasteiger partial charge >= 0.3 is 0 Å². The molecule has 0 bridgehead atoms. The van der Waals surface area contributed by atoms with Gasteiger partial charge in [-0.25, -0.2) is 4.98 Å². The third-order valence-corrected chi connectivity index (χ3v) is 7.50. The molecule has 2 N–H and O–H groups in total. The molecule has 3 aromatic rings. The summed E-state index contributed by atoms with van der Waals surface area (Å²) in [7, 11) is 0. The minimum Gasteiger partial charge on any atom is -0.459 e. The number of nitrogens with zero attached hydrogens (tertiary/aromatic N) is 6. The number of fused-ring (bicyclic) bond motifs is 1. The molecule has 3 aromatic heterocycles. The van der Waals surface area contributed by atoms with E-state index >= 15 is 0 Å². The fourth-order valence-corrected chi connectivity index (χ4v) is 5.57. The average Bonchev–Trinajstić information content (AvgIpc) is 3.56. The first kappa shape index (κ1) is 22.1. The maximum Gasteiger partial charge on any atom is 0.245 e. The van der Waals surface area contributed by atoms with Crippen molar-refractivity contribution in [3.63, 3.8) is 0 Å². The topological polar surface area (TPSA) is 105 Å². The highest BCUT2D eigenvalue weighted by molar-refractivity contribution is 7.21. The Morgan fingerprint density at radius 1 is 1.18 bits per heavy atom. The van der Waals surface area contributed by atoms with Crippen LogP contribution in [0.5, 0.6) is 0 Å². The van der Waals surface area contributed by atoms with Crippen molar-refractivity contribution in [3.8, 4) is 10.8 Å². The summed E-state index contributed by atoms with van der Waals surface area (Å²) in [6, 6.07) is 3.57. The number of piperazine rings is 1. The number of nitrogens with two attached hydrogens (primary N) is 1. The molecule has 2 aliphatic rings. The first-order valence-electron chi connectivity index (χ1n) is 11.8. The zero-order valence-corrected chi connectivity index (χ0v) is 20.1. The first-order chi connectivity index (χ1) is 16.0. The number of amides is 1. The summed E-state index contributed by atoms with van der Waals surface area (Å²) in [5.74, 6) is 2.56. The molecular weight excluding hydrogens is 438 g/mol. The van der Waals surface area contributed by atoms with Gasteiger partial charge in [0.25, 0.3) is 0 Å². The van der Waals surface area contributed by atoms with Crippen LogP contribution in [0, 0.1) is 6.92 Å². The lowest BCUT2D eigenvalue weighted by Gasteiger charge is -2.37. The maximum atomic E-state index is 13.4. The second-order valence-electron chi connectivity index (χ2n) is 8.86. The Kier molecular flexibility index (Phi) is 6.20. The molecule has 2 fully saturated rings. The number of aryl methyl sites for hydroxylation is 1. The monoisotopic (exact) mass is 469 g/mol. The van der Waals surface area contributed by atoms with Crippen molar-refractivity contribution in [1.29, 1.82) is 0 Å². The molecule has 0 aromatic carbocycles. The number of carbonyl (C=O) groups is 1. The van der Waals surface area contributed by atoms with Crippen molar-refractivity contribution < 1.29 is 9.21 Å². The van der Waals surface area contributed by atoms with E-state index in [0.717, 1.165) is 62.9 Å². The van der Waals surface area contributed by atoms with Gasteiger partial charge in [-0.05, 0) is 44.9 Å². The number of furan rings is 1. The number of aromatic nitrogens is 3. The van der Waals surface area contributed by atoms with Crippen molar-refractivity contribution in [3.05, 3.63) is 17.9 Å². The maximum absolute atomic E-state index is 13.4. The van der Waals surface area contributed by atoms with E-state index in [1.54, 1.807) is 0 Å². The van der Waals surface area contributed by atoms with Gasteiger partial charge in [0.15, 0.2) is 21.4 Å². The number of carbonyl (C=O) groups excluding carboxylic acids is 1. The highest BCUT2D eigenvalue weighted by Crippen LogP contribution is 2.34. The number of unbranched alkanes of at least 4 members (excludes halogenated alkanes) is 1. The lowest BCUT2D eigenvalue weighted by molar-refractivity contribution is -0.134. The summed E-state index contributed by atoms with van der Waals surface area (Å²) in [5.41, 5.74) is 6.86. The Bertz CT molecular complexity index is 1140. The summed E-state index contributed by atoms with van der Waals surface area (Å²) in [6.07, 6.45) is 4.17. The molecular formula is C23H31N7O2S. The lowest BCUT2D eigenvalue weighted by atomic mass is 10.1. The van der Waals surface area contributed by atoms with E-state index < -0.39 is 0 Å². The number of rotatable bonds is 6. The summed E-state index contributed by atoms with van der Waals surface area (Å²) < 4.78 is 5.71. The van der Waals surface area contributed by atoms with Crippen LogP contribution in [0.15, 0.2) is 16.5 Å². The minimum absolute atomic E-state index is 0.181. The Balaban J connectivity index is 1.34. The third kappa shape index (κ3) is 4.41. The Morgan fingerprint density at radius 2 is 2.00 bits per heavy atom. The van der Waals surface area contributed by atoms with E-state index in [-0.39, 0.29) is 11.9 Å². The molecule has 0 unspecified atom stereocenters. The molecule has 1 atom stereocenters. The van der Waals surface area contributed by atoms with Crippen LogP contribution in [-0.4, -0.2) is 76.0 Å². The summed E-state index contributed by atoms with van der Waals surface area (Å²) >= 11 is 1.43. The van der Waals surface area contributed by atoms with Gasteiger partial charge in [-0.2, -0.15) is 9.97 Å². The molecule has 33 heavy (non-hydrogen) atoms. The second-order valence-corrected chi connectivity index (χ2v) is 9.84. The lowest BCUT2D eigenvalue weighted by Crippen LogP contribution is -2.54. The Labute approximate surface area is 197 Å². The van der Waals surface area contributed by atoms with Crippen molar-refractivity contribution >= 4 is 39.4 Å². The molecule has 2 aliphatic heterocycles. The summed E-state index contributed by atoms with van der Waals surface area (Å²) in [5, 5.41) is 0.728. The molecule has 5 heterocycles. The predicted octanol–water partition coefficient (Wildman–Crippen LogP) is 3.15. The molecule has 1 amide bonds.